The molecule has 23 heavy (non-hydrogen) atoms. The van der Waals surface area contributed by atoms with Crippen LogP contribution in [-0.2, 0) is 14.8 Å². The fraction of sp³-hybridized carbons (Fsp3) is 0.533. The zero-order valence-electron chi connectivity index (χ0n) is 13.1. The second kappa shape index (κ2) is 7.27. The standard InChI is InChI=1S/C15H22FN3O3S/c1-18-23(21,22)12-4-5-14(13(16)10-12)19-7-2-3-11(6-8-19)9-15(17)20/h4-5,10-11,18H,2-3,6-9H2,1H3,(H2,17,20). The van der Waals surface area contributed by atoms with E-state index in [1.807, 2.05) is 4.90 Å². The summed E-state index contributed by atoms with van der Waals surface area (Å²) in [4.78, 5) is 12.8. The molecule has 1 atom stereocenters. The van der Waals surface area contributed by atoms with Gasteiger partial charge in [0.25, 0.3) is 0 Å². The lowest BCUT2D eigenvalue weighted by Crippen LogP contribution is -2.26. The number of nitrogens with two attached hydrogens (primary N) is 1. The molecule has 128 valence electrons. The molecule has 0 bridgehead atoms. The maximum Gasteiger partial charge on any atom is 0.240 e. The van der Waals surface area contributed by atoms with Crippen molar-refractivity contribution in [2.24, 2.45) is 11.7 Å². The first-order valence-electron chi connectivity index (χ1n) is 7.60. The third-order valence-electron chi connectivity index (χ3n) is 4.18. The Labute approximate surface area is 135 Å². The van der Waals surface area contributed by atoms with Gasteiger partial charge in [0.15, 0.2) is 0 Å². The first-order valence-corrected chi connectivity index (χ1v) is 9.08. The summed E-state index contributed by atoms with van der Waals surface area (Å²) < 4.78 is 39.9. The predicted octanol–water partition coefficient (Wildman–Crippen LogP) is 1.22. The summed E-state index contributed by atoms with van der Waals surface area (Å²) in [5.74, 6) is -0.643. The number of hydrogen-bond acceptors (Lipinski definition) is 4. The highest BCUT2D eigenvalue weighted by Crippen LogP contribution is 2.27. The van der Waals surface area contributed by atoms with Crippen LogP contribution in [0.1, 0.15) is 25.7 Å². The highest BCUT2D eigenvalue weighted by molar-refractivity contribution is 7.89. The molecule has 8 heteroatoms. The number of benzene rings is 1. The van der Waals surface area contributed by atoms with Crippen LogP contribution in [0.4, 0.5) is 10.1 Å². The number of primary amides is 1. The number of sulfonamides is 1. The molecule has 1 unspecified atom stereocenters. The smallest absolute Gasteiger partial charge is 0.240 e. The van der Waals surface area contributed by atoms with E-state index in [0.29, 0.717) is 25.2 Å². The molecule has 0 aliphatic carbocycles. The van der Waals surface area contributed by atoms with Gasteiger partial charge in [0.2, 0.25) is 15.9 Å². The second-order valence-corrected chi connectivity index (χ2v) is 7.66. The van der Waals surface area contributed by atoms with E-state index >= 15 is 0 Å². The van der Waals surface area contributed by atoms with E-state index in [2.05, 4.69) is 4.72 Å². The molecule has 1 aliphatic rings. The Bertz CT molecular complexity index is 679. The third kappa shape index (κ3) is 4.42. The van der Waals surface area contributed by atoms with Crippen LogP contribution in [0.15, 0.2) is 23.1 Å². The maximum absolute atomic E-state index is 14.3. The van der Waals surface area contributed by atoms with E-state index in [4.69, 9.17) is 5.73 Å². The van der Waals surface area contributed by atoms with Gasteiger partial charge < -0.3 is 10.6 Å². The van der Waals surface area contributed by atoms with Crippen molar-refractivity contribution in [2.45, 2.75) is 30.6 Å². The first-order chi connectivity index (χ1) is 10.8. The number of amides is 1. The van der Waals surface area contributed by atoms with Gasteiger partial charge in [-0.2, -0.15) is 0 Å². The fourth-order valence-corrected chi connectivity index (χ4v) is 3.67. The molecule has 1 aromatic rings. The topological polar surface area (TPSA) is 92.5 Å². The van der Waals surface area contributed by atoms with Crippen LogP contribution in [0.25, 0.3) is 0 Å². The van der Waals surface area contributed by atoms with Gasteiger partial charge in [-0.1, -0.05) is 0 Å². The Morgan fingerprint density at radius 1 is 1.39 bits per heavy atom. The van der Waals surface area contributed by atoms with E-state index < -0.39 is 15.8 Å². The van der Waals surface area contributed by atoms with Crippen molar-refractivity contribution in [3.63, 3.8) is 0 Å². The lowest BCUT2D eigenvalue weighted by molar-refractivity contribution is -0.119. The van der Waals surface area contributed by atoms with Gasteiger partial charge in [0.05, 0.1) is 10.6 Å². The van der Waals surface area contributed by atoms with Crippen molar-refractivity contribution < 1.29 is 17.6 Å². The largest absolute Gasteiger partial charge is 0.370 e. The minimum atomic E-state index is -3.66. The van der Waals surface area contributed by atoms with E-state index in [9.17, 15) is 17.6 Å². The molecule has 0 spiro atoms. The summed E-state index contributed by atoms with van der Waals surface area (Å²) in [7, 11) is -2.37. The normalized spacial score (nSPS) is 19.4. The fourth-order valence-electron chi connectivity index (χ4n) is 2.92. The molecule has 1 amide bonds. The van der Waals surface area contributed by atoms with Crippen molar-refractivity contribution in [2.75, 3.05) is 25.0 Å². The summed E-state index contributed by atoms with van der Waals surface area (Å²) >= 11 is 0. The third-order valence-corrected chi connectivity index (χ3v) is 5.59. The molecule has 1 heterocycles. The summed E-state index contributed by atoms with van der Waals surface area (Å²) in [6, 6.07) is 3.93. The number of halogens is 1. The number of rotatable bonds is 5. The Morgan fingerprint density at radius 2 is 2.13 bits per heavy atom. The SMILES string of the molecule is CNS(=O)(=O)c1ccc(N2CCCC(CC(N)=O)CC2)c(F)c1. The average molecular weight is 343 g/mol. The minimum Gasteiger partial charge on any atom is -0.370 e. The number of carbonyl (C=O) groups is 1. The molecule has 1 aliphatic heterocycles. The molecule has 6 nitrogen and oxygen atoms in total. The molecule has 1 saturated heterocycles. The van der Waals surface area contributed by atoms with Crippen LogP contribution in [0.5, 0.6) is 0 Å². The van der Waals surface area contributed by atoms with E-state index in [-0.39, 0.29) is 16.7 Å². The lowest BCUT2D eigenvalue weighted by Gasteiger charge is -2.23. The molecule has 1 aromatic carbocycles. The molecule has 3 N–H and O–H groups in total. The maximum atomic E-state index is 14.3. The quantitative estimate of drug-likeness (QED) is 0.841. The van der Waals surface area contributed by atoms with E-state index in [1.165, 1.54) is 19.2 Å². The Kier molecular flexibility index (Phi) is 5.59. The highest BCUT2D eigenvalue weighted by Gasteiger charge is 2.22. The van der Waals surface area contributed by atoms with Crippen molar-refractivity contribution >= 4 is 21.6 Å². The number of hydrogen-bond donors (Lipinski definition) is 2. The van der Waals surface area contributed by atoms with Gasteiger partial charge in [0, 0.05) is 19.5 Å². The van der Waals surface area contributed by atoms with Crippen LogP contribution >= 0.6 is 0 Å². The molecular weight excluding hydrogens is 321 g/mol. The van der Waals surface area contributed by atoms with Gasteiger partial charge in [-0.3, -0.25) is 4.79 Å². The molecule has 0 aromatic heterocycles. The van der Waals surface area contributed by atoms with Crippen molar-refractivity contribution in [3.05, 3.63) is 24.0 Å². The Balaban J connectivity index is 2.14. The Morgan fingerprint density at radius 3 is 2.74 bits per heavy atom. The number of anilines is 1. The van der Waals surface area contributed by atoms with Gasteiger partial charge in [-0.15, -0.1) is 0 Å². The summed E-state index contributed by atoms with van der Waals surface area (Å²) in [5, 5.41) is 0. The zero-order chi connectivity index (χ0) is 17.0. The highest BCUT2D eigenvalue weighted by atomic mass is 32.2. The lowest BCUT2D eigenvalue weighted by atomic mass is 9.97. The molecule has 2 rings (SSSR count). The number of nitrogens with one attached hydrogen (secondary N) is 1. The van der Waals surface area contributed by atoms with Crippen molar-refractivity contribution in [1.29, 1.82) is 0 Å². The molecule has 1 fully saturated rings. The van der Waals surface area contributed by atoms with Crippen LogP contribution in [0.3, 0.4) is 0 Å². The van der Waals surface area contributed by atoms with E-state index in [1.54, 1.807) is 0 Å². The Hall–Kier alpha value is -1.67. The van der Waals surface area contributed by atoms with Crippen molar-refractivity contribution in [1.82, 2.24) is 4.72 Å². The predicted molar refractivity (Wildman–Crippen MR) is 86.0 cm³/mol. The summed E-state index contributed by atoms with van der Waals surface area (Å²) in [6.07, 6.45) is 2.84. The number of nitrogens with zero attached hydrogens (tertiary/aromatic N) is 1. The minimum absolute atomic E-state index is 0.0947. The first kappa shape index (κ1) is 17.7. The number of carbonyl (C=O) groups excluding carboxylic acids is 1. The van der Waals surface area contributed by atoms with Crippen LogP contribution in [0, 0.1) is 11.7 Å². The van der Waals surface area contributed by atoms with Gasteiger partial charge in [0.1, 0.15) is 5.82 Å². The summed E-state index contributed by atoms with van der Waals surface area (Å²) in [5.41, 5.74) is 5.63. The van der Waals surface area contributed by atoms with Crippen LogP contribution in [0.2, 0.25) is 0 Å². The van der Waals surface area contributed by atoms with Crippen LogP contribution in [-0.4, -0.2) is 34.5 Å². The monoisotopic (exact) mass is 343 g/mol. The second-order valence-electron chi connectivity index (χ2n) is 5.78. The molecule has 0 radical (unpaired) electrons. The zero-order valence-corrected chi connectivity index (χ0v) is 13.9. The summed E-state index contributed by atoms with van der Waals surface area (Å²) in [6.45, 7) is 1.29. The molecular formula is C15H22FN3O3S. The van der Waals surface area contributed by atoms with Crippen LogP contribution < -0.4 is 15.4 Å². The van der Waals surface area contributed by atoms with Gasteiger partial charge in [-0.05, 0) is 50.4 Å². The average Bonchev–Trinajstić information content (AvgIpc) is 2.72. The van der Waals surface area contributed by atoms with E-state index in [0.717, 1.165) is 25.3 Å². The molecule has 0 saturated carbocycles. The van der Waals surface area contributed by atoms with Crippen molar-refractivity contribution in [3.8, 4) is 0 Å². The van der Waals surface area contributed by atoms with Gasteiger partial charge >= 0.3 is 0 Å². The van der Waals surface area contributed by atoms with Gasteiger partial charge in [-0.25, -0.2) is 17.5 Å².